The largest absolute Gasteiger partial charge is 0.493 e. The molecule has 1 N–H and O–H groups in total. The zero-order chi connectivity index (χ0) is 19.0. The second-order valence-corrected chi connectivity index (χ2v) is 7.36. The highest BCUT2D eigenvalue weighted by Crippen LogP contribution is 2.36. The molecular weight excluding hydrogens is 340 g/mol. The molecule has 4 rings (SSSR count). The molecule has 2 aliphatic rings. The topological polar surface area (TPSA) is 58.6 Å². The van der Waals surface area contributed by atoms with E-state index in [1.165, 1.54) is 0 Å². The van der Waals surface area contributed by atoms with E-state index in [4.69, 9.17) is 4.74 Å². The molecule has 0 aliphatic carbocycles. The summed E-state index contributed by atoms with van der Waals surface area (Å²) in [7, 11) is 0. The minimum absolute atomic E-state index is 0.0723. The van der Waals surface area contributed by atoms with Crippen LogP contribution in [-0.2, 0) is 4.79 Å². The van der Waals surface area contributed by atoms with Gasteiger partial charge in [0.2, 0.25) is 5.91 Å². The van der Waals surface area contributed by atoms with Gasteiger partial charge in [0.15, 0.2) is 0 Å². The molecule has 0 spiro atoms. The van der Waals surface area contributed by atoms with Gasteiger partial charge in [-0.05, 0) is 44.0 Å². The number of carbonyl (C=O) groups excluding carboxylic acids is 2. The predicted octanol–water partition coefficient (Wildman–Crippen LogP) is 3.68. The molecular formula is C22H24N2O3. The molecule has 5 heteroatoms. The highest BCUT2D eigenvalue weighted by atomic mass is 16.5. The van der Waals surface area contributed by atoms with Crippen LogP contribution >= 0.6 is 0 Å². The van der Waals surface area contributed by atoms with E-state index in [9.17, 15) is 9.59 Å². The Balaban J connectivity index is 1.57. The highest BCUT2D eigenvalue weighted by Gasteiger charge is 2.26. The van der Waals surface area contributed by atoms with Crippen LogP contribution in [0.5, 0.6) is 5.75 Å². The SMILES string of the molecule is Cc1cc(C)c2c(c1)C(NC(=O)c1cccc(N3CCCC3=O)c1)CCO2. The molecule has 0 saturated carbocycles. The third-order valence-electron chi connectivity index (χ3n) is 5.27. The lowest BCUT2D eigenvalue weighted by Gasteiger charge is -2.28. The maximum Gasteiger partial charge on any atom is 0.251 e. The van der Waals surface area contributed by atoms with Crippen LogP contribution in [0.1, 0.15) is 52.4 Å². The van der Waals surface area contributed by atoms with Crippen LogP contribution in [-0.4, -0.2) is 25.0 Å². The monoisotopic (exact) mass is 364 g/mol. The van der Waals surface area contributed by atoms with E-state index in [1.54, 1.807) is 17.0 Å². The van der Waals surface area contributed by atoms with Gasteiger partial charge in [0, 0.05) is 36.2 Å². The van der Waals surface area contributed by atoms with Crippen molar-refractivity contribution in [3.8, 4) is 5.75 Å². The summed E-state index contributed by atoms with van der Waals surface area (Å²) in [6.07, 6.45) is 2.19. The molecule has 2 aromatic rings. The van der Waals surface area contributed by atoms with Crippen molar-refractivity contribution in [1.82, 2.24) is 5.32 Å². The first-order chi connectivity index (χ1) is 13.0. The van der Waals surface area contributed by atoms with Crippen LogP contribution in [0.4, 0.5) is 5.69 Å². The highest BCUT2D eigenvalue weighted by molar-refractivity contribution is 5.99. The van der Waals surface area contributed by atoms with Crippen molar-refractivity contribution in [3.63, 3.8) is 0 Å². The summed E-state index contributed by atoms with van der Waals surface area (Å²) in [4.78, 5) is 26.6. The number of amides is 2. The Morgan fingerprint density at radius 2 is 2.07 bits per heavy atom. The molecule has 140 valence electrons. The average molecular weight is 364 g/mol. The molecule has 1 fully saturated rings. The molecule has 1 saturated heterocycles. The van der Waals surface area contributed by atoms with Gasteiger partial charge in [-0.15, -0.1) is 0 Å². The number of ether oxygens (including phenoxy) is 1. The van der Waals surface area contributed by atoms with E-state index in [1.807, 2.05) is 19.1 Å². The van der Waals surface area contributed by atoms with E-state index in [0.29, 0.717) is 18.6 Å². The maximum absolute atomic E-state index is 12.9. The second-order valence-electron chi connectivity index (χ2n) is 7.36. The van der Waals surface area contributed by atoms with E-state index in [2.05, 4.69) is 24.4 Å². The molecule has 0 radical (unpaired) electrons. The molecule has 2 aliphatic heterocycles. The lowest BCUT2D eigenvalue weighted by molar-refractivity contribution is -0.117. The summed E-state index contributed by atoms with van der Waals surface area (Å²) >= 11 is 0. The summed E-state index contributed by atoms with van der Waals surface area (Å²) in [6, 6.07) is 11.4. The van der Waals surface area contributed by atoms with Crippen LogP contribution in [0.3, 0.4) is 0 Å². The second kappa shape index (κ2) is 7.06. The lowest BCUT2D eigenvalue weighted by atomic mass is 9.95. The maximum atomic E-state index is 12.9. The smallest absolute Gasteiger partial charge is 0.251 e. The van der Waals surface area contributed by atoms with Crippen LogP contribution in [0.15, 0.2) is 36.4 Å². The van der Waals surface area contributed by atoms with Gasteiger partial charge >= 0.3 is 0 Å². The van der Waals surface area contributed by atoms with Crippen molar-refractivity contribution < 1.29 is 14.3 Å². The Bertz CT molecular complexity index is 906. The molecule has 0 bridgehead atoms. The summed E-state index contributed by atoms with van der Waals surface area (Å²) in [5.74, 6) is 0.880. The van der Waals surface area contributed by atoms with Gasteiger partial charge in [-0.2, -0.15) is 0 Å². The Hall–Kier alpha value is -2.82. The van der Waals surface area contributed by atoms with Gasteiger partial charge in [0.25, 0.3) is 5.91 Å². The summed E-state index contributed by atoms with van der Waals surface area (Å²) in [6.45, 7) is 5.39. The summed E-state index contributed by atoms with van der Waals surface area (Å²) in [5, 5.41) is 3.15. The number of nitrogens with zero attached hydrogens (tertiary/aromatic N) is 1. The minimum atomic E-state index is -0.125. The molecule has 5 nitrogen and oxygen atoms in total. The number of carbonyl (C=O) groups is 2. The van der Waals surface area contributed by atoms with Crippen molar-refractivity contribution in [2.45, 2.75) is 39.2 Å². The van der Waals surface area contributed by atoms with Crippen molar-refractivity contribution >= 4 is 17.5 Å². The quantitative estimate of drug-likeness (QED) is 0.904. The third-order valence-corrected chi connectivity index (χ3v) is 5.27. The standard InChI is InChI=1S/C22H24N2O3/c1-14-11-15(2)21-18(12-14)19(8-10-27-21)23-22(26)16-5-3-6-17(13-16)24-9-4-7-20(24)25/h3,5-6,11-13,19H,4,7-10H2,1-2H3,(H,23,26). The number of rotatable bonds is 3. The Kier molecular flexibility index (Phi) is 4.60. The molecule has 1 unspecified atom stereocenters. The van der Waals surface area contributed by atoms with Gasteiger partial charge in [0.05, 0.1) is 12.6 Å². The van der Waals surface area contributed by atoms with E-state index < -0.39 is 0 Å². The van der Waals surface area contributed by atoms with Crippen LogP contribution in [0.25, 0.3) is 0 Å². The fraction of sp³-hybridized carbons (Fsp3) is 0.364. The number of nitrogens with one attached hydrogen (secondary N) is 1. The summed E-state index contributed by atoms with van der Waals surface area (Å²) < 4.78 is 5.83. The number of fused-ring (bicyclic) bond motifs is 1. The van der Waals surface area contributed by atoms with Crippen LogP contribution < -0.4 is 15.0 Å². The molecule has 1 atom stereocenters. The number of anilines is 1. The molecule has 0 aromatic heterocycles. The molecule has 2 amide bonds. The van der Waals surface area contributed by atoms with Gasteiger partial charge in [-0.3, -0.25) is 9.59 Å². The Labute approximate surface area is 159 Å². The lowest BCUT2D eigenvalue weighted by Crippen LogP contribution is -2.32. The van der Waals surface area contributed by atoms with Gasteiger partial charge in [-0.1, -0.05) is 23.8 Å². The number of aryl methyl sites for hydroxylation is 2. The first-order valence-electron chi connectivity index (χ1n) is 9.48. The van der Waals surface area contributed by atoms with Crippen molar-refractivity contribution in [2.75, 3.05) is 18.1 Å². The number of hydrogen-bond donors (Lipinski definition) is 1. The van der Waals surface area contributed by atoms with E-state index >= 15 is 0 Å². The molecule has 27 heavy (non-hydrogen) atoms. The Morgan fingerprint density at radius 3 is 2.85 bits per heavy atom. The van der Waals surface area contributed by atoms with Crippen LogP contribution in [0.2, 0.25) is 0 Å². The minimum Gasteiger partial charge on any atom is -0.493 e. The van der Waals surface area contributed by atoms with Crippen molar-refractivity contribution in [3.05, 3.63) is 58.7 Å². The fourth-order valence-corrected chi connectivity index (χ4v) is 4.01. The number of hydrogen-bond acceptors (Lipinski definition) is 3. The zero-order valence-electron chi connectivity index (χ0n) is 15.7. The molecule has 2 heterocycles. The third kappa shape index (κ3) is 3.42. The van der Waals surface area contributed by atoms with Crippen molar-refractivity contribution in [2.24, 2.45) is 0 Å². The van der Waals surface area contributed by atoms with Crippen molar-refractivity contribution in [1.29, 1.82) is 0 Å². The molecule has 2 aromatic carbocycles. The van der Waals surface area contributed by atoms with E-state index in [-0.39, 0.29) is 17.9 Å². The van der Waals surface area contributed by atoms with E-state index in [0.717, 1.165) is 47.5 Å². The van der Waals surface area contributed by atoms with Gasteiger partial charge < -0.3 is 15.0 Å². The first-order valence-corrected chi connectivity index (χ1v) is 9.48. The number of benzene rings is 2. The Morgan fingerprint density at radius 1 is 1.22 bits per heavy atom. The van der Waals surface area contributed by atoms with Gasteiger partial charge in [0.1, 0.15) is 5.75 Å². The summed E-state index contributed by atoms with van der Waals surface area (Å²) in [5.41, 5.74) is 4.66. The average Bonchev–Trinajstić information content (AvgIpc) is 3.08. The van der Waals surface area contributed by atoms with Crippen LogP contribution in [0, 0.1) is 13.8 Å². The first kappa shape index (κ1) is 17.6. The van der Waals surface area contributed by atoms with Gasteiger partial charge in [-0.25, -0.2) is 0 Å². The fourth-order valence-electron chi connectivity index (χ4n) is 4.01. The predicted molar refractivity (Wildman–Crippen MR) is 104 cm³/mol. The normalized spacial score (nSPS) is 18.8. The zero-order valence-corrected chi connectivity index (χ0v) is 15.7.